The zero-order chi connectivity index (χ0) is 14.3. The van der Waals surface area contributed by atoms with E-state index in [4.69, 9.17) is 11.6 Å². The van der Waals surface area contributed by atoms with E-state index in [1.165, 1.54) is 6.08 Å². The summed E-state index contributed by atoms with van der Waals surface area (Å²) in [6, 6.07) is 3.86. The standard InChI is InChI=1S/C16H20ClNO/c1-4-7-8-9-15(19)18-16-12(5-2)10-11-14(17)13(16)6-3/h4,7-11H,5-6H2,1-3H3,(H,18,19)/b7-4+,9-8+. The SMILES string of the molecule is C/C=C/C=C/C(=O)Nc1c(CC)ccc(Cl)c1CC. The van der Waals surface area contributed by atoms with Gasteiger partial charge in [-0.15, -0.1) is 0 Å². The van der Waals surface area contributed by atoms with Crippen molar-refractivity contribution in [2.24, 2.45) is 0 Å². The van der Waals surface area contributed by atoms with E-state index in [1.54, 1.807) is 6.08 Å². The van der Waals surface area contributed by atoms with Gasteiger partial charge in [0.1, 0.15) is 0 Å². The van der Waals surface area contributed by atoms with Crippen LogP contribution in [0.15, 0.2) is 36.4 Å². The van der Waals surface area contributed by atoms with Crippen molar-refractivity contribution in [1.29, 1.82) is 0 Å². The summed E-state index contributed by atoms with van der Waals surface area (Å²) in [7, 11) is 0. The first-order valence-electron chi connectivity index (χ1n) is 6.54. The lowest BCUT2D eigenvalue weighted by Crippen LogP contribution is -2.12. The average molecular weight is 278 g/mol. The van der Waals surface area contributed by atoms with Crippen LogP contribution >= 0.6 is 11.6 Å². The fraction of sp³-hybridized carbons (Fsp3) is 0.312. The van der Waals surface area contributed by atoms with E-state index in [9.17, 15) is 4.79 Å². The molecule has 0 radical (unpaired) electrons. The third kappa shape index (κ3) is 4.25. The van der Waals surface area contributed by atoms with Gasteiger partial charge in [-0.25, -0.2) is 0 Å². The minimum atomic E-state index is -0.134. The summed E-state index contributed by atoms with van der Waals surface area (Å²) in [6.07, 6.45) is 8.58. The first-order chi connectivity index (χ1) is 9.13. The monoisotopic (exact) mass is 277 g/mol. The number of carbonyl (C=O) groups excluding carboxylic acids is 1. The third-order valence-electron chi connectivity index (χ3n) is 2.88. The van der Waals surface area contributed by atoms with E-state index in [0.29, 0.717) is 5.02 Å². The van der Waals surface area contributed by atoms with Crippen LogP contribution in [0, 0.1) is 0 Å². The van der Waals surface area contributed by atoms with Crippen molar-refractivity contribution in [3.8, 4) is 0 Å². The number of rotatable bonds is 5. The van der Waals surface area contributed by atoms with Crippen molar-refractivity contribution in [3.63, 3.8) is 0 Å². The van der Waals surface area contributed by atoms with Crippen LogP contribution in [0.25, 0.3) is 0 Å². The first-order valence-corrected chi connectivity index (χ1v) is 6.92. The Kier molecular flexibility index (Phi) is 6.37. The molecule has 0 bridgehead atoms. The van der Waals surface area contributed by atoms with E-state index in [1.807, 2.05) is 38.1 Å². The Balaban J connectivity index is 3.04. The highest BCUT2D eigenvalue weighted by molar-refractivity contribution is 6.32. The molecule has 1 N–H and O–H groups in total. The van der Waals surface area contributed by atoms with Crippen molar-refractivity contribution in [2.45, 2.75) is 33.6 Å². The Morgan fingerprint density at radius 1 is 1.26 bits per heavy atom. The maximum atomic E-state index is 11.9. The van der Waals surface area contributed by atoms with Crippen LogP contribution in [-0.2, 0) is 17.6 Å². The van der Waals surface area contributed by atoms with E-state index in [-0.39, 0.29) is 5.91 Å². The number of benzene rings is 1. The molecular weight excluding hydrogens is 258 g/mol. The highest BCUT2D eigenvalue weighted by atomic mass is 35.5. The quantitative estimate of drug-likeness (QED) is 0.621. The van der Waals surface area contributed by atoms with Crippen LogP contribution in [0.3, 0.4) is 0 Å². The molecule has 1 rings (SSSR count). The van der Waals surface area contributed by atoms with Crippen molar-refractivity contribution in [1.82, 2.24) is 0 Å². The maximum absolute atomic E-state index is 11.9. The van der Waals surface area contributed by atoms with E-state index >= 15 is 0 Å². The zero-order valence-electron chi connectivity index (χ0n) is 11.7. The molecule has 0 saturated carbocycles. The summed E-state index contributed by atoms with van der Waals surface area (Å²) in [4.78, 5) is 11.9. The maximum Gasteiger partial charge on any atom is 0.248 e. The largest absolute Gasteiger partial charge is 0.322 e. The van der Waals surface area contributed by atoms with E-state index in [0.717, 1.165) is 29.7 Å². The summed E-state index contributed by atoms with van der Waals surface area (Å²) in [5.74, 6) is -0.134. The molecule has 0 spiro atoms. The first kappa shape index (κ1) is 15.5. The molecule has 1 amide bonds. The number of anilines is 1. The molecule has 0 heterocycles. The van der Waals surface area contributed by atoms with Gasteiger partial charge in [-0.3, -0.25) is 4.79 Å². The molecule has 19 heavy (non-hydrogen) atoms. The molecule has 3 heteroatoms. The molecule has 2 nitrogen and oxygen atoms in total. The van der Waals surface area contributed by atoms with Crippen LogP contribution in [0.4, 0.5) is 5.69 Å². The molecule has 102 valence electrons. The van der Waals surface area contributed by atoms with Crippen LogP contribution < -0.4 is 5.32 Å². The number of hydrogen-bond acceptors (Lipinski definition) is 1. The number of amides is 1. The van der Waals surface area contributed by atoms with Gasteiger partial charge in [-0.1, -0.05) is 49.7 Å². The molecule has 0 aliphatic rings. The number of allylic oxidation sites excluding steroid dienone is 3. The molecular formula is C16H20ClNO. The second kappa shape index (κ2) is 7.80. The Morgan fingerprint density at radius 3 is 2.58 bits per heavy atom. The Bertz CT molecular complexity index is 504. The van der Waals surface area contributed by atoms with Gasteiger partial charge in [0.15, 0.2) is 0 Å². The second-order valence-electron chi connectivity index (χ2n) is 4.14. The van der Waals surface area contributed by atoms with Gasteiger partial charge in [0, 0.05) is 16.8 Å². The summed E-state index contributed by atoms with van der Waals surface area (Å²) in [5.41, 5.74) is 2.95. The minimum Gasteiger partial charge on any atom is -0.322 e. The topological polar surface area (TPSA) is 29.1 Å². The number of carbonyl (C=O) groups is 1. The van der Waals surface area contributed by atoms with Crippen LogP contribution in [0.1, 0.15) is 31.9 Å². The predicted molar refractivity (Wildman–Crippen MR) is 82.8 cm³/mol. The summed E-state index contributed by atoms with van der Waals surface area (Å²) >= 11 is 6.19. The number of nitrogens with one attached hydrogen (secondary N) is 1. The number of aryl methyl sites for hydroxylation is 1. The molecule has 0 aliphatic carbocycles. The molecule has 0 saturated heterocycles. The van der Waals surface area contributed by atoms with E-state index < -0.39 is 0 Å². The third-order valence-corrected chi connectivity index (χ3v) is 3.23. The highest BCUT2D eigenvalue weighted by Gasteiger charge is 2.11. The van der Waals surface area contributed by atoms with Gasteiger partial charge in [-0.2, -0.15) is 0 Å². The summed E-state index contributed by atoms with van der Waals surface area (Å²) < 4.78 is 0. The van der Waals surface area contributed by atoms with Crippen LogP contribution in [0.2, 0.25) is 5.02 Å². The van der Waals surface area contributed by atoms with Crippen molar-refractivity contribution >= 4 is 23.2 Å². The smallest absolute Gasteiger partial charge is 0.248 e. The molecule has 1 aromatic rings. The molecule has 0 unspecified atom stereocenters. The Labute approximate surface area is 120 Å². The number of hydrogen-bond donors (Lipinski definition) is 1. The fourth-order valence-corrected chi connectivity index (χ4v) is 2.18. The lowest BCUT2D eigenvalue weighted by atomic mass is 10.0. The van der Waals surface area contributed by atoms with Gasteiger partial charge in [-0.05, 0) is 37.0 Å². The molecule has 0 aliphatic heterocycles. The van der Waals surface area contributed by atoms with Crippen molar-refractivity contribution < 1.29 is 4.79 Å². The Hall–Kier alpha value is -1.54. The zero-order valence-corrected chi connectivity index (χ0v) is 12.4. The van der Waals surface area contributed by atoms with Gasteiger partial charge in [0.05, 0.1) is 0 Å². The van der Waals surface area contributed by atoms with Gasteiger partial charge in [0.2, 0.25) is 5.91 Å². The van der Waals surface area contributed by atoms with Crippen LogP contribution in [0.5, 0.6) is 0 Å². The molecule has 0 atom stereocenters. The van der Waals surface area contributed by atoms with Crippen molar-refractivity contribution in [3.05, 3.63) is 52.6 Å². The predicted octanol–water partition coefficient (Wildman–Crippen LogP) is 4.54. The highest BCUT2D eigenvalue weighted by Crippen LogP contribution is 2.29. The molecule has 0 aromatic heterocycles. The average Bonchev–Trinajstić information content (AvgIpc) is 2.39. The molecule has 0 fully saturated rings. The Morgan fingerprint density at radius 2 is 2.00 bits per heavy atom. The summed E-state index contributed by atoms with van der Waals surface area (Å²) in [6.45, 7) is 6.00. The van der Waals surface area contributed by atoms with Gasteiger partial charge < -0.3 is 5.32 Å². The van der Waals surface area contributed by atoms with Crippen molar-refractivity contribution in [2.75, 3.05) is 5.32 Å². The normalized spacial score (nSPS) is 11.4. The number of halogens is 1. The summed E-state index contributed by atoms with van der Waals surface area (Å²) in [5, 5.41) is 3.64. The van der Waals surface area contributed by atoms with Gasteiger partial charge >= 0.3 is 0 Å². The lowest BCUT2D eigenvalue weighted by Gasteiger charge is -2.14. The molecule has 1 aromatic carbocycles. The van der Waals surface area contributed by atoms with Gasteiger partial charge in [0.25, 0.3) is 0 Å². The fourth-order valence-electron chi connectivity index (χ4n) is 1.89. The van der Waals surface area contributed by atoms with Crippen LogP contribution in [-0.4, -0.2) is 5.91 Å². The second-order valence-corrected chi connectivity index (χ2v) is 4.55. The van der Waals surface area contributed by atoms with E-state index in [2.05, 4.69) is 12.2 Å². The lowest BCUT2D eigenvalue weighted by molar-refractivity contribution is -0.111. The minimum absolute atomic E-state index is 0.134.